The number of rotatable bonds is 5. The predicted octanol–water partition coefficient (Wildman–Crippen LogP) is 4.24. The molecule has 0 atom stereocenters. The zero-order valence-electron chi connectivity index (χ0n) is 11.5. The van der Waals surface area contributed by atoms with E-state index in [1.807, 2.05) is 11.8 Å². The lowest BCUT2D eigenvalue weighted by atomic mass is 9.84. The van der Waals surface area contributed by atoms with Gasteiger partial charge in [-0.1, -0.05) is 6.42 Å². The summed E-state index contributed by atoms with van der Waals surface area (Å²) in [6.45, 7) is 0.903. The minimum atomic E-state index is -0.206. The first-order chi connectivity index (χ1) is 9.67. The van der Waals surface area contributed by atoms with Crippen LogP contribution in [0.15, 0.2) is 18.2 Å². The van der Waals surface area contributed by atoms with Gasteiger partial charge in [0.25, 0.3) is 0 Å². The van der Waals surface area contributed by atoms with Crippen LogP contribution in [-0.2, 0) is 13.0 Å². The lowest BCUT2D eigenvalue weighted by molar-refractivity contribution is 0.321. The summed E-state index contributed by atoms with van der Waals surface area (Å²) in [5.41, 5.74) is 1.76. The number of benzene rings is 1. The summed E-state index contributed by atoms with van der Waals surface area (Å²) in [5.74, 6) is 1.31. The molecule has 1 heterocycles. The molecule has 1 aliphatic carbocycles. The van der Waals surface area contributed by atoms with E-state index in [-0.39, 0.29) is 5.82 Å². The molecular weight excluding hydrogens is 295 g/mol. The van der Waals surface area contributed by atoms with Crippen molar-refractivity contribution in [3.8, 4) is 0 Å². The molecule has 0 amide bonds. The molecule has 20 heavy (non-hydrogen) atoms. The summed E-state index contributed by atoms with van der Waals surface area (Å²) in [6, 6.07) is 4.82. The van der Waals surface area contributed by atoms with Gasteiger partial charge in [-0.3, -0.25) is 0 Å². The number of aromatic nitrogens is 2. The first-order valence-electron chi connectivity index (χ1n) is 6.93. The van der Waals surface area contributed by atoms with Gasteiger partial charge in [0.1, 0.15) is 11.6 Å². The van der Waals surface area contributed by atoms with E-state index in [1.165, 1.54) is 25.3 Å². The van der Waals surface area contributed by atoms with E-state index in [9.17, 15) is 4.39 Å². The maximum absolute atomic E-state index is 13.5. The quantitative estimate of drug-likeness (QED) is 0.768. The lowest BCUT2D eigenvalue weighted by Crippen LogP contribution is -2.38. The molecule has 1 saturated carbocycles. The zero-order valence-corrected chi connectivity index (χ0v) is 13.1. The maximum atomic E-state index is 13.5. The van der Waals surface area contributed by atoms with Crippen LogP contribution in [-0.4, -0.2) is 26.4 Å². The first kappa shape index (κ1) is 14.2. The maximum Gasteiger partial charge on any atom is 0.125 e. The van der Waals surface area contributed by atoms with Gasteiger partial charge >= 0.3 is 0 Å². The molecule has 1 aromatic heterocycles. The number of thioether (sulfide) groups is 1. The minimum Gasteiger partial charge on any atom is -0.326 e. The topological polar surface area (TPSA) is 17.8 Å². The monoisotopic (exact) mass is 312 g/mol. The fourth-order valence-corrected chi connectivity index (χ4v) is 4.01. The number of hydrogen-bond donors (Lipinski definition) is 0. The fraction of sp³-hybridized carbons (Fsp3) is 0.533. The summed E-state index contributed by atoms with van der Waals surface area (Å²) in [5, 5.41) is 0. The van der Waals surface area contributed by atoms with E-state index in [4.69, 9.17) is 11.6 Å². The number of halogens is 2. The molecule has 0 unspecified atom stereocenters. The summed E-state index contributed by atoms with van der Waals surface area (Å²) in [7, 11) is 0. The number of aryl methyl sites for hydroxylation is 1. The Hall–Kier alpha value is -0.740. The second-order valence-electron chi connectivity index (χ2n) is 5.43. The Balaban J connectivity index is 2.05. The molecule has 108 valence electrons. The summed E-state index contributed by atoms with van der Waals surface area (Å²) in [6.07, 6.45) is 6.63. The molecule has 0 N–H and O–H groups in total. The van der Waals surface area contributed by atoms with Crippen LogP contribution in [0.2, 0.25) is 0 Å². The van der Waals surface area contributed by atoms with Crippen molar-refractivity contribution in [2.75, 3.05) is 12.1 Å². The lowest BCUT2D eigenvalue weighted by Gasteiger charge is -2.41. The van der Waals surface area contributed by atoms with Crippen molar-refractivity contribution < 1.29 is 4.39 Å². The van der Waals surface area contributed by atoms with Gasteiger partial charge in [-0.2, -0.15) is 11.8 Å². The van der Waals surface area contributed by atoms with Crippen molar-refractivity contribution in [1.29, 1.82) is 0 Å². The number of alkyl halides is 1. The van der Waals surface area contributed by atoms with Crippen molar-refractivity contribution in [2.45, 2.75) is 37.0 Å². The first-order valence-corrected chi connectivity index (χ1v) is 8.69. The fourth-order valence-electron chi connectivity index (χ4n) is 2.88. The molecule has 2 aromatic rings. The van der Waals surface area contributed by atoms with E-state index in [1.54, 1.807) is 12.1 Å². The molecule has 5 heteroatoms. The van der Waals surface area contributed by atoms with Gasteiger partial charge in [-0.15, -0.1) is 11.6 Å². The molecule has 1 fully saturated rings. The summed E-state index contributed by atoms with van der Waals surface area (Å²) < 4.78 is 16.0. The summed E-state index contributed by atoms with van der Waals surface area (Å²) in [4.78, 5) is 4.62. The number of hydrogen-bond acceptors (Lipinski definition) is 2. The van der Waals surface area contributed by atoms with E-state index in [2.05, 4.69) is 15.8 Å². The van der Waals surface area contributed by atoms with Crippen molar-refractivity contribution in [2.24, 2.45) is 0 Å². The Bertz CT molecular complexity index is 616. The third-order valence-corrected chi connectivity index (χ3v) is 5.84. The average Bonchev–Trinajstić information content (AvgIpc) is 2.72. The highest BCUT2D eigenvalue weighted by Crippen LogP contribution is 2.44. The normalized spacial score (nSPS) is 17.4. The van der Waals surface area contributed by atoms with E-state index < -0.39 is 0 Å². The van der Waals surface area contributed by atoms with Crippen LogP contribution < -0.4 is 0 Å². The van der Waals surface area contributed by atoms with Crippen molar-refractivity contribution in [1.82, 2.24) is 9.55 Å². The molecule has 1 aromatic carbocycles. The van der Waals surface area contributed by atoms with Gasteiger partial charge < -0.3 is 4.57 Å². The number of imidazole rings is 1. The van der Waals surface area contributed by atoms with Gasteiger partial charge in [0, 0.05) is 23.6 Å². The average molecular weight is 313 g/mol. The third kappa shape index (κ3) is 2.44. The van der Waals surface area contributed by atoms with Crippen LogP contribution >= 0.6 is 23.4 Å². The Morgan fingerprint density at radius 1 is 1.45 bits per heavy atom. The summed E-state index contributed by atoms with van der Waals surface area (Å²) >= 11 is 7.81. The van der Waals surface area contributed by atoms with Crippen LogP contribution in [0, 0.1) is 5.82 Å². The Morgan fingerprint density at radius 2 is 2.25 bits per heavy atom. The highest BCUT2D eigenvalue weighted by atomic mass is 35.5. The second-order valence-corrected chi connectivity index (χ2v) is 7.08. The Morgan fingerprint density at radius 3 is 2.85 bits per heavy atom. The number of fused-ring (bicyclic) bond motifs is 1. The molecular formula is C15H18ClFN2S. The Kier molecular flexibility index (Phi) is 3.95. The highest BCUT2D eigenvalue weighted by Gasteiger charge is 2.37. The van der Waals surface area contributed by atoms with Crippen molar-refractivity contribution in [3.63, 3.8) is 0 Å². The van der Waals surface area contributed by atoms with Gasteiger partial charge in [0.05, 0.1) is 11.0 Å². The molecule has 0 radical (unpaired) electrons. The minimum absolute atomic E-state index is 0.206. The largest absolute Gasteiger partial charge is 0.326 e. The third-order valence-electron chi connectivity index (χ3n) is 4.25. The molecule has 0 aliphatic heterocycles. The molecule has 0 bridgehead atoms. The van der Waals surface area contributed by atoms with Gasteiger partial charge in [0.15, 0.2) is 0 Å². The van der Waals surface area contributed by atoms with Gasteiger partial charge in [0.2, 0.25) is 0 Å². The van der Waals surface area contributed by atoms with Crippen LogP contribution in [0.4, 0.5) is 4.39 Å². The standard InChI is InChI=1S/C15H18ClFN2S/c1-20-15(6-2-7-15)10-19-13-9-11(17)3-4-12(13)18-14(19)5-8-16/h3-4,9H,2,5-8,10H2,1H3. The molecule has 1 aliphatic rings. The molecule has 0 saturated heterocycles. The predicted molar refractivity (Wildman–Crippen MR) is 84.2 cm³/mol. The molecule has 0 spiro atoms. The zero-order chi connectivity index (χ0) is 14.2. The van der Waals surface area contributed by atoms with Crippen molar-refractivity contribution >= 4 is 34.4 Å². The van der Waals surface area contributed by atoms with E-state index in [0.29, 0.717) is 10.6 Å². The second kappa shape index (κ2) is 5.57. The van der Waals surface area contributed by atoms with E-state index >= 15 is 0 Å². The Labute approximate surface area is 127 Å². The van der Waals surface area contributed by atoms with Crippen LogP contribution in [0.25, 0.3) is 11.0 Å². The highest BCUT2D eigenvalue weighted by molar-refractivity contribution is 8.00. The van der Waals surface area contributed by atoms with Gasteiger partial charge in [-0.05, 0) is 37.3 Å². The van der Waals surface area contributed by atoms with Crippen molar-refractivity contribution in [3.05, 3.63) is 29.8 Å². The molecule has 3 rings (SSSR count). The van der Waals surface area contributed by atoms with Crippen LogP contribution in [0.3, 0.4) is 0 Å². The smallest absolute Gasteiger partial charge is 0.125 e. The van der Waals surface area contributed by atoms with Crippen LogP contribution in [0.5, 0.6) is 0 Å². The number of nitrogens with zero attached hydrogens (tertiary/aromatic N) is 2. The van der Waals surface area contributed by atoms with Crippen LogP contribution in [0.1, 0.15) is 25.1 Å². The van der Waals surface area contributed by atoms with E-state index in [0.717, 1.165) is 29.8 Å². The molecule has 2 nitrogen and oxygen atoms in total. The SMILES string of the molecule is CSC1(Cn2c(CCCl)nc3ccc(F)cc32)CCC1. The van der Waals surface area contributed by atoms with Gasteiger partial charge in [-0.25, -0.2) is 9.37 Å².